The van der Waals surface area contributed by atoms with Crippen molar-refractivity contribution in [1.82, 2.24) is 0 Å². The Kier molecular flexibility index (Phi) is 308. The second-order valence-corrected chi connectivity index (χ2v) is 0. The topological polar surface area (TPSA) is 0 Å². The maximum absolute atomic E-state index is 0. The predicted octanol–water partition coefficient (Wildman–Crippen LogP) is -8.99. The van der Waals surface area contributed by atoms with Crippen LogP contribution in [0.1, 0.15) is 0 Å². The number of hydrogen-bond acceptors (Lipinski definition) is 0. The largest absolute Gasteiger partial charge is 3.00 e. The summed E-state index contributed by atoms with van der Waals surface area (Å²) < 4.78 is 0. The van der Waals surface area contributed by atoms with Gasteiger partial charge in [-0.25, -0.2) is 0 Å². The van der Waals surface area contributed by atoms with Gasteiger partial charge in [0.15, 0.2) is 0 Å². The summed E-state index contributed by atoms with van der Waals surface area (Å²) in [6.07, 6.45) is 0. The zero-order valence-corrected chi connectivity index (χ0v) is 5.26. The van der Waals surface area contributed by atoms with Gasteiger partial charge in [-0.2, -0.15) is 0 Å². The Morgan fingerprint density at radius 2 is 0.600 bits per heavy atom. The van der Waals surface area contributed by atoms with Crippen LogP contribution in [0.5, 0.6) is 0 Å². The van der Waals surface area contributed by atoms with Crippen molar-refractivity contribution in [2.24, 2.45) is 0 Å². The first kappa shape index (κ1) is 49.7. The van der Waals surface area contributed by atoms with Crippen molar-refractivity contribution in [2.45, 2.75) is 0 Å². The van der Waals surface area contributed by atoms with Gasteiger partial charge in [0.2, 0.25) is 0 Å². The third kappa shape index (κ3) is 20.8. The van der Waals surface area contributed by atoms with E-state index >= 15 is 0 Å². The molecule has 0 heterocycles. The fraction of sp³-hybridized carbons (Fsp3) is 0. The first-order valence-corrected chi connectivity index (χ1v) is 0. The quantitative estimate of drug-likeness (QED) is 0.381. The van der Waals surface area contributed by atoms with Gasteiger partial charge in [0.05, 0.1) is 0 Å². The van der Waals surface area contributed by atoms with Crippen molar-refractivity contribution in [2.75, 3.05) is 0 Å². The molecule has 0 aliphatic rings. The molecule has 47 valence electrons. The summed E-state index contributed by atoms with van der Waals surface area (Å²) in [5, 5.41) is 0. The molecule has 0 amide bonds. The SMILES string of the molecule is [Er+3].[F-].[F-].[F-].[Yb]. The Bertz CT molecular complexity index is 6.85. The van der Waals surface area contributed by atoms with E-state index in [-0.39, 0.29) is 98.3 Å². The monoisotopic (exact) mass is 397 g/mol. The molecule has 5 heteroatoms. The molecule has 0 nitrogen and oxygen atoms in total. The van der Waals surface area contributed by atoms with E-state index in [1.54, 1.807) is 0 Å². The molecule has 0 aliphatic carbocycles. The summed E-state index contributed by atoms with van der Waals surface area (Å²) in [6.45, 7) is 0. The van der Waals surface area contributed by atoms with Crippen molar-refractivity contribution in [3.63, 3.8) is 0 Å². The molecule has 0 fully saturated rings. The van der Waals surface area contributed by atoms with E-state index in [1.807, 2.05) is 0 Å². The van der Waals surface area contributed by atoms with Crippen LogP contribution in [0.2, 0.25) is 0 Å². The second-order valence-electron chi connectivity index (χ2n) is 0. The normalized spacial score (nSPS) is 0. The van der Waals surface area contributed by atoms with E-state index in [9.17, 15) is 0 Å². The maximum Gasteiger partial charge on any atom is 3.00 e. The Morgan fingerprint density at radius 3 is 0.600 bits per heavy atom. The minimum absolute atomic E-state index is 0. The van der Waals surface area contributed by atoms with Crippen molar-refractivity contribution in [3.8, 4) is 0 Å². The smallest absolute Gasteiger partial charge is 1.00 e. The Morgan fingerprint density at radius 1 is 0.600 bits per heavy atom. The van der Waals surface area contributed by atoms with Crippen LogP contribution in [-0.4, -0.2) is 0 Å². The molecule has 0 rings (SSSR count). The van der Waals surface area contributed by atoms with Gasteiger partial charge in [0, 0.05) is 46.9 Å². The van der Waals surface area contributed by atoms with Crippen LogP contribution >= 0.6 is 0 Å². The Labute approximate surface area is 96.0 Å². The van der Waals surface area contributed by atoms with Gasteiger partial charge in [-0.15, -0.1) is 0 Å². The predicted molar refractivity (Wildman–Crippen MR) is 0 cm³/mol. The first-order valence-electron chi connectivity index (χ1n) is 0. The Hall–Kier alpha value is 2.56. The third-order valence-electron chi connectivity index (χ3n) is 0. The molecule has 1 radical (unpaired) electrons. The minimum atomic E-state index is 0. The molecule has 0 bridgehead atoms. The van der Waals surface area contributed by atoms with Crippen molar-refractivity contribution in [1.29, 1.82) is 0 Å². The molecule has 0 spiro atoms. The van der Waals surface area contributed by atoms with E-state index in [0.29, 0.717) is 0 Å². The fourth-order valence-corrected chi connectivity index (χ4v) is 0. The van der Waals surface area contributed by atoms with Gasteiger partial charge >= 0.3 is 37.3 Å². The molecule has 0 saturated carbocycles. The average Bonchev–Trinajstić information content (AvgIpc) is 0. The van der Waals surface area contributed by atoms with E-state index in [4.69, 9.17) is 0 Å². The number of hydrogen-bond donors (Lipinski definition) is 0. The number of halogens is 3. The Balaban J connectivity index is 0. The summed E-state index contributed by atoms with van der Waals surface area (Å²) >= 11 is 0. The molecule has 0 aliphatic heterocycles. The molecular weight excluding hydrogens is 397 g/mol. The average molecular weight is 397 g/mol. The first-order chi connectivity index (χ1) is 0. The summed E-state index contributed by atoms with van der Waals surface area (Å²) in [5.74, 6) is 0. The molecule has 0 aromatic carbocycles. The second kappa shape index (κ2) is 31.0. The summed E-state index contributed by atoms with van der Waals surface area (Å²) in [6, 6.07) is 0. The van der Waals surface area contributed by atoms with Crippen LogP contribution in [0.4, 0.5) is 0 Å². The molecule has 0 atom stereocenters. The molecule has 0 aromatic rings. The number of rotatable bonds is 0. The third-order valence-corrected chi connectivity index (χ3v) is 0. The van der Waals surface area contributed by atoms with E-state index in [1.165, 1.54) is 0 Å². The van der Waals surface area contributed by atoms with E-state index in [0.717, 1.165) is 0 Å². The minimum Gasteiger partial charge on any atom is -1.00 e. The van der Waals surface area contributed by atoms with Gasteiger partial charge in [-0.1, -0.05) is 0 Å². The molecular formula is ErF3Yb. The van der Waals surface area contributed by atoms with Gasteiger partial charge < -0.3 is 14.1 Å². The van der Waals surface area contributed by atoms with Gasteiger partial charge in [-0.3, -0.25) is 0 Å². The zero-order chi connectivity index (χ0) is 0. The zero-order valence-electron chi connectivity index (χ0n) is 1.69. The van der Waals surface area contributed by atoms with Crippen LogP contribution in [-0.2, 0) is 0 Å². The van der Waals surface area contributed by atoms with Crippen LogP contribution < -0.4 is 14.1 Å². The molecule has 0 aromatic heterocycles. The van der Waals surface area contributed by atoms with Crippen molar-refractivity contribution >= 4 is 0 Å². The molecule has 5 heavy (non-hydrogen) atoms. The van der Waals surface area contributed by atoms with Crippen molar-refractivity contribution < 1.29 is 98.3 Å². The summed E-state index contributed by atoms with van der Waals surface area (Å²) in [5.41, 5.74) is 0. The molecule has 0 unspecified atom stereocenters. The van der Waals surface area contributed by atoms with Gasteiger partial charge in [0.1, 0.15) is 0 Å². The van der Waals surface area contributed by atoms with Gasteiger partial charge in [0.25, 0.3) is 0 Å². The summed E-state index contributed by atoms with van der Waals surface area (Å²) in [7, 11) is 0. The van der Waals surface area contributed by atoms with Crippen LogP contribution in [0.25, 0.3) is 0 Å². The molecule has 0 saturated heterocycles. The standard InChI is InChI=1S/Er.3FH.Yb/h;3*1H;/q+3;;;;/p-3. The van der Waals surface area contributed by atoms with Crippen LogP contribution in [0.15, 0.2) is 0 Å². The van der Waals surface area contributed by atoms with E-state index < -0.39 is 0 Å². The fourth-order valence-electron chi connectivity index (χ4n) is 0. The summed E-state index contributed by atoms with van der Waals surface area (Å²) in [4.78, 5) is 0. The van der Waals surface area contributed by atoms with Crippen LogP contribution in [0, 0.1) is 84.2 Å². The maximum atomic E-state index is 0. The van der Waals surface area contributed by atoms with E-state index in [2.05, 4.69) is 0 Å². The molecule has 0 N–H and O–H groups in total. The van der Waals surface area contributed by atoms with Crippen LogP contribution in [0.3, 0.4) is 0 Å². The van der Waals surface area contributed by atoms with Crippen molar-refractivity contribution in [3.05, 3.63) is 0 Å². The van der Waals surface area contributed by atoms with Gasteiger partial charge in [-0.05, 0) is 0 Å².